The van der Waals surface area contributed by atoms with Gasteiger partial charge in [0, 0.05) is 30.4 Å². The van der Waals surface area contributed by atoms with Crippen molar-refractivity contribution in [2.24, 2.45) is 0 Å². The van der Waals surface area contributed by atoms with Crippen molar-refractivity contribution < 1.29 is 0 Å². The molecule has 20 heavy (non-hydrogen) atoms. The Bertz CT molecular complexity index is 728. The van der Waals surface area contributed by atoms with Crippen molar-refractivity contribution >= 4 is 11.8 Å². The zero-order chi connectivity index (χ0) is 13.9. The molecule has 0 fully saturated rings. The first-order valence-corrected chi connectivity index (χ1v) is 5.85. The lowest BCUT2D eigenvalue weighted by atomic mass is 10.1. The lowest BCUT2D eigenvalue weighted by Crippen LogP contribution is -2.05. The number of aromatic nitrogens is 5. The first-order chi connectivity index (χ1) is 9.75. The van der Waals surface area contributed by atoms with Gasteiger partial charge in [-0.05, 0) is 12.1 Å². The van der Waals surface area contributed by atoms with Gasteiger partial charge < -0.3 is 11.5 Å². The molecule has 0 spiro atoms. The molecule has 7 nitrogen and oxygen atoms in total. The van der Waals surface area contributed by atoms with Crippen LogP contribution in [0.5, 0.6) is 0 Å². The Morgan fingerprint density at radius 1 is 0.850 bits per heavy atom. The predicted octanol–water partition coefficient (Wildman–Crippen LogP) is 1.16. The van der Waals surface area contributed by atoms with E-state index >= 15 is 0 Å². The summed E-state index contributed by atoms with van der Waals surface area (Å²) < 4.78 is 0. The van der Waals surface area contributed by atoms with Crippen LogP contribution < -0.4 is 11.5 Å². The van der Waals surface area contributed by atoms with Crippen LogP contribution in [0.4, 0.5) is 11.8 Å². The predicted molar refractivity (Wildman–Crippen MR) is 75.1 cm³/mol. The minimum absolute atomic E-state index is 0.113. The molecule has 0 aliphatic carbocycles. The van der Waals surface area contributed by atoms with Gasteiger partial charge in [0.2, 0.25) is 5.95 Å². The molecule has 98 valence electrons. The Balaban J connectivity index is 2.29. The summed E-state index contributed by atoms with van der Waals surface area (Å²) in [5, 5.41) is 0. The van der Waals surface area contributed by atoms with Crippen molar-refractivity contribution in [1.82, 2.24) is 24.9 Å². The summed E-state index contributed by atoms with van der Waals surface area (Å²) in [6, 6.07) is 3.64. The molecule has 3 aromatic rings. The maximum Gasteiger partial charge on any atom is 0.222 e. The molecular weight excluding hydrogens is 254 g/mol. The van der Waals surface area contributed by atoms with E-state index in [1.807, 2.05) is 12.1 Å². The third kappa shape index (κ3) is 2.12. The number of nitrogens with two attached hydrogens (primary N) is 2. The topological polar surface area (TPSA) is 116 Å². The molecule has 0 radical (unpaired) electrons. The Kier molecular flexibility index (Phi) is 2.92. The SMILES string of the molecule is Nc1nc(N)c(-c2cnccn2)c(-c2ccncc2)n1. The number of pyridine rings is 1. The first kappa shape index (κ1) is 12.0. The van der Waals surface area contributed by atoms with E-state index in [4.69, 9.17) is 11.5 Å². The van der Waals surface area contributed by atoms with Crippen LogP contribution in [0.25, 0.3) is 22.5 Å². The second-order valence-electron chi connectivity index (χ2n) is 4.02. The normalized spacial score (nSPS) is 10.4. The van der Waals surface area contributed by atoms with Crippen molar-refractivity contribution in [1.29, 1.82) is 0 Å². The maximum absolute atomic E-state index is 5.98. The summed E-state index contributed by atoms with van der Waals surface area (Å²) >= 11 is 0. The molecule has 0 aromatic carbocycles. The fraction of sp³-hybridized carbons (Fsp3) is 0. The molecular formula is C13H11N7. The fourth-order valence-corrected chi connectivity index (χ4v) is 1.90. The van der Waals surface area contributed by atoms with Gasteiger partial charge in [-0.2, -0.15) is 4.98 Å². The molecule has 0 saturated heterocycles. The van der Waals surface area contributed by atoms with Gasteiger partial charge in [-0.3, -0.25) is 15.0 Å². The zero-order valence-corrected chi connectivity index (χ0v) is 10.4. The van der Waals surface area contributed by atoms with Crippen molar-refractivity contribution in [3.05, 3.63) is 43.1 Å². The highest BCUT2D eigenvalue weighted by molar-refractivity contribution is 5.86. The van der Waals surface area contributed by atoms with E-state index in [-0.39, 0.29) is 11.8 Å². The van der Waals surface area contributed by atoms with E-state index < -0.39 is 0 Å². The monoisotopic (exact) mass is 265 g/mol. The Morgan fingerprint density at radius 3 is 2.35 bits per heavy atom. The first-order valence-electron chi connectivity index (χ1n) is 5.85. The van der Waals surface area contributed by atoms with Gasteiger partial charge in [0.1, 0.15) is 5.82 Å². The Hall–Kier alpha value is -3.09. The summed E-state index contributed by atoms with van der Waals surface area (Å²) in [6.45, 7) is 0. The maximum atomic E-state index is 5.98. The molecule has 4 N–H and O–H groups in total. The second-order valence-corrected chi connectivity index (χ2v) is 4.02. The molecule has 3 rings (SSSR count). The van der Waals surface area contributed by atoms with Crippen LogP contribution in [0.1, 0.15) is 0 Å². The highest BCUT2D eigenvalue weighted by atomic mass is 15.0. The molecule has 0 bridgehead atoms. The number of anilines is 2. The number of hydrogen-bond acceptors (Lipinski definition) is 7. The van der Waals surface area contributed by atoms with Gasteiger partial charge in [0.05, 0.1) is 23.1 Å². The van der Waals surface area contributed by atoms with Crippen molar-refractivity contribution in [2.45, 2.75) is 0 Å². The summed E-state index contributed by atoms with van der Waals surface area (Å²) in [5.74, 6) is 0.381. The molecule has 0 unspecified atom stereocenters. The highest BCUT2D eigenvalue weighted by Crippen LogP contribution is 2.32. The number of nitrogens with zero attached hydrogens (tertiary/aromatic N) is 5. The number of rotatable bonds is 2. The fourth-order valence-electron chi connectivity index (χ4n) is 1.90. The van der Waals surface area contributed by atoms with Gasteiger partial charge in [-0.15, -0.1) is 0 Å². The quantitative estimate of drug-likeness (QED) is 0.714. The van der Waals surface area contributed by atoms with Crippen LogP contribution in [-0.2, 0) is 0 Å². The summed E-state index contributed by atoms with van der Waals surface area (Å²) in [5.41, 5.74) is 14.3. The van der Waals surface area contributed by atoms with E-state index in [1.165, 1.54) is 0 Å². The highest BCUT2D eigenvalue weighted by Gasteiger charge is 2.16. The van der Waals surface area contributed by atoms with Crippen molar-refractivity contribution in [3.63, 3.8) is 0 Å². The molecule has 0 amide bonds. The largest absolute Gasteiger partial charge is 0.383 e. The van der Waals surface area contributed by atoms with Crippen molar-refractivity contribution in [2.75, 3.05) is 11.5 Å². The van der Waals surface area contributed by atoms with Crippen LogP contribution in [0.15, 0.2) is 43.1 Å². The molecule has 0 atom stereocenters. The van der Waals surface area contributed by atoms with E-state index in [2.05, 4.69) is 24.9 Å². The standard InChI is InChI=1S/C13H11N7/c14-12-10(9-7-17-5-6-18-9)11(19-13(15)20-12)8-1-3-16-4-2-8/h1-7H,(H4,14,15,19,20). The zero-order valence-electron chi connectivity index (χ0n) is 10.4. The molecule has 3 heterocycles. The summed E-state index contributed by atoms with van der Waals surface area (Å²) in [6.07, 6.45) is 8.12. The molecule has 7 heteroatoms. The van der Waals surface area contributed by atoms with Crippen LogP contribution >= 0.6 is 0 Å². The molecule has 0 saturated carbocycles. The third-order valence-corrected chi connectivity index (χ3v) is 2.73. The lowest BCUT2D eigenvalue weighted by molar-refractivity contribution is 1.16. The van der Waals surface area contributed by atoms with Gasteiger partial charge >= 0.3 is 0 Å². The number of nitrogen functional groups attached to an aromatic ring is 2. The number of hydrogen-bond donors (Lipinski definition) is 2. The van der Waals surface area contributed by atoms with Crippen LogP contribution in [-0.4, -0.2) is 24.9 Å². The van der Waals surface area contributed by atoms with E-state index in [1.54, 1.807) is 31.0 Å². The van der Waals surface area contributed by atoms with Gasteiger partial charge in [-0.25, -0.2) is 4.98 Å². The molecule has 3 aromatic heterocycles. The third-order valence-electron chi connectivity index (χ3n) is 2.73. The van der Waals surface area contributed by atoms with Crippen molar-refractivity contribution in [3.8, 4) is 22.5 Å². The van der Waals surface area contributed by atoms with E-state index in [0.29, 0.717) is 17.0 Å². The van der Waals surface area contributed by atoms with Crippen LogP contribution in [0.3, 0.4) is 0 Å². The average Bonchev–Trinajstić information content (AvgIpc) is 2.48. The molecule has 0 aliphatic heterocycles. The Morgan fingerprint density at radius 2 is 1.65 bits per heavy atom. The second kappa shape index (κ2) is 4.88. The summed E-state index contributed by atoms with van der Waals surface area (Å²) in [4.78, 5) is 20.5. The smallest absolute Gasteiger partial charge is 0.222 e. The lowest BCUT2D eigenvalue weighted by Gasteiger charge is -2.10. The van der Waals surface area contributed by atoms with Gasteiger partial charge in [-0.1, -0.05) is 0 Å². The van der Waals surface area contributed by atoms with Crippen LogP contribution in [0, 0.1) is 0 Å². The summed E-state index contributed by atoms with van der Waals surface area (Å²) in [7, 11) is 0. The average molecular weight is 265 g/mol. The van der Waals surface area contributed by atoms with E-state index in [0.717, 1.165) is 5.56 Å². The minimum Gasteiger partial charge on any atom is -0.383 e. The van der Waals surface area contributed by atoms with Gasteiger partial charge in [0.25, 0.3) is 0 Å². The molecule has 0 aliphatic rings. The van der Waals surface area contributed by atoms with Crippen LogP contribution in [0.2, 0.25) is 0 Å². The minimum atomic E-state index is 0.113. The Labute approximate surface area is 114 Å². The van der Waals surface area contributed by atoms with Gasteiger partial charge in [0.15, 0.2) is 0 Å². The van der Waals surface area contributed by atoms with E-state index in [9.17, 15) is 0 Å².